The van der Waals surface area contributed by atoms with Gasteiger partial charge in [0.25, 0.3) is 10.0 Å². The molecule has 1 amide bonds. The lowest BCUT2D eigenvalue weighted by molar-refractivity contribution is -0.118. The molecule has 1 aliphatic heterocycles. The molecule has 0 aliphatic carbocycles. The third kappa shape index (κ3) is 3.28. The molecule has 0 saturated heterocycles. The summed E-state index contributed by atoms with van der Waals surface area (Å²) < 4.78 is 33.8. The summed E-state index contributed by atoms with van der Waals surface area (Å²) in [6.07, 6.45) is 1.98. The van der Waals surface area contributed by atoms with Crippen LogP contribution in [0.1, 0.15) is 23.1 Å². The summed E-state index contributed by atoms with van der Waals surface area (Å²) >= 11 is 0. The summed E-state index contributed by atoms with van der Waals surface area (Å²) in [7, 11) is -4.00. The van der Waals surface area contributed by atoms with Gasteiger partial charge in [-0.05, 0) is 30.5 Å². The number of hydrogen-bond acceptors (Lipinski definition) is 5. The van der Waals surface area contributed by atoms with Crippen molar-refractivity contribution < 1.29 is 17.9 Å². The van der Waals surface area contributed by atoms with E-state index in [-0.39, 0.29) is 17.2 Å². The SMILES string of the molecule is Cc1ccc(CC(=O)NS(=O)(=O)c2cnn3c2OCCC3)cc1C. The summed E-state index contributed by atoms with van der Waals surface area (Å²) in [6.45, 7) is 4.96. The van der Waals surface area contributed by atoms with Crippen molar-refractivity contribution in [1.29, 1.82) is 0 Å². The van der Waals surface area contributed by atoms with E-state index in [1.807, 2.05) is 32.0 Å². The Labute approximate surface area is 140 Å². The second-order valence-electron chi connectivity index (χ2n) is 5.86. The molecule has 1 N–H and O–H groups in total. The zero-order chi connectivity index (χ0) is 17.3. The lowest BCUT2D eigenvalue weighted by Crippen LogP contribution is -2.32. The molecule has 0 fully saturated rings. The van der Waals surface area contributed by atoms with Crippen LogP contribution in [0.25, 0.3) is 0 Å². The van der Waals surface area contributed by atoms with Crippen LogP contribution in [0.4, 0.5) is 0 Å². The number of carbonyl (C=O) groups is 1. The van der Waals surface area contributed by atoms with Gasteiger partial charge in [-0.1, -0.05) is 18.2 Å². The van der Waals surface area contributed by atoms with Crippen molar-refractivity contribution in [3.05, 3.63) is 41.1 Å². The number of carbonyl (C=O) groups excluding carboxylic acids is 1. The van der Waals surface area contributed by atoms with Crippen molar-refractivity contribution in [2.45, 2.75) is 38.1 Å². The standard InChI is InChI=1S/C16H19N3O4S/c1-11-4-5-13(8-12(11)2)9-15(20)18-24(21,22)14-10-17-19-6-3-7-23-16(14)19/h4-5,8,10H,3,6-7,9H2,1-2H3,(H,18,20). The minimum Gasteiger partial charge on any atom is -0.477 e. The third-order valence-corrected chi connectivity index (χ3v) is 5.34. The molecule has 0 radical (unpaired) electrons. The molecule has 1 aromatic heterocycles. The van der Waals surface area contributed by atoms with E-state index in [4.69, 9.17) is 4.74 Å². The Bertz CT molecular complexity index is 887. The summed E-state index contributed by atoms with van der Waals surface area (Å²) in [5, 5.41) is 4.00. The van der Waals surface area contributed by atoms with E-state index in [2.05, 4.69) is 9.82 Å². The van der Waals surface area contributed by atoms with Crippen molar-refractivity contribution >= 4 is 15.9 Å². The Morgan fingerprint density at radius 3 is 2.88 bits per heavy atom. The Hall–Kier alpha value is -2.35. The largest absolute Gasteiger partial charge is 0.477 e. The zero-order valence-electron chi connectivity index (χ0n) is 13.6. The number of fused-ring (bicyclic) bond motifs is 1. The average Bonchev–Trinajstić information content (AvgIpc) is 2.95. The van der Waals surface area contributed by atoms with Crippen molar-refractivity contribution in [1.82, 2.24) is 14.5 Å². The van der Waals surface area contributed by atoms with Gasteiger partial charge in [0.15, 0.2) is 4.90 Å². The van der Waals surface area contributed by atoms with Gasteiger partial charge in [-0.3, -0.25) is 4.79 Å². The second kappa shape index (κ2) is 6.27. The Balaban J connectivity index is 1.75. The van der Waals surface area contributed by atoms with Crippen LogP contribution in [0, 0.1) is 13.8 Å². The van der Waals surface area contributed by atoms with Crippen LogP contribution < -0.4 is 9.46 Å². The van der Waals surface area contributed by atoms with Crippen LogP contribution in [0.2, 0.25) is 0 Å². The van der Waals surface area contributed by atoms with Crippen molar-refractivity contribution in [2.24, 2.45) is 0 Å². The molecule has 7 nitrogen and oxygen atoms in total. The number of nitrogens with one attached hydrogen (secondary N) is 1. The average molecular weight is 349 g/mol. The molecule has 1 aromatic carbocycles. The maximum Gasteiger partial charge on any atom is 0.271 e. The number of amides is 1. The van der Waals surface area contributed by atoms with Crippen LogP contribution in [0.3, 0.4) is 0 Å². The van der Waals surface area contributed by atoms with Gasteiger partial charge in [-0.2, -0.15) is 5.10 Å². The minimum atomic E-state index is -4.00. The molecule has 1 aliphatic rings. The van der Waals surface area contributed by atoms with Crippen LogP contribution in [-0.4, -0.2) is 30.7 Å². The first kappa shape index (κ1) is 16.5. The van der Waals surface area contributed by atoms with Gasteiger partial charge in [0.05, 0.1) is 19.2 Å². The van der Waals surface area contributed by atoms with E-state index in [0.717, 1.165) is 23.1 Å². The van der Waals surface area contributed by atoms with E-state index in [1.54, 1.807) is 0 Å². The monoisotopic (exact) mass is 349 g/mol. The smallest absolute Gasteiger partial charge is 0.271 e. The molecule has 0 saturated carbocycles. The molecule has 2 heterocycles. The summed E-state index contributed by atoms with van der Waals surface area (Å²) in [4.78, 5) is 12.0. The number of rotatable bonds is 4. The molecule has 2 aromatic rings. The molecule has 0 unspecified atom stereocenters. The number of nitrogens with zero attached hydrogens (tertiary/aromatic N) is 2. The Morgan fingerprint density at radius 2 is 2.12 bits per heavy atom. The maximum absolute atomic E-state index is 12.4. The second-order valence-corrected chi connectivity index (χ2v) is 7.51. The first-order chi connectivity index (χ1) is 11.4. The van der Waals surface area contributed by atoms with Gasteiger partial charge < -0.3 is 4.74 Å². The highest BCUT2D eigenvalue weighted by Crippen LogP contribution is 2.26. The number of sulfonamides is 1. The quantitative estimate of drug-likeness (QED) is 0.899. The van der Waals surface area contributed by atoms with Crippen molar-refractivity contribution in [2.75, 3.05) is 6.61 Å². The van der Waals surface area contributed by atoms with Crippen LogP contribution in [-0.2, 0) is 27.8 Å². The van der Waals surface area contributed by atoms with Gasteiger partial charge in [0.1, 0.15) is 0 Å². The molecule has 0 bridgehead atoms. The zero-order valence-corrected chi connectivity index (χ0v) is 14.4. The Kier molecular flexibility index (Phi) is 4.31. The maximum atomic E-state index is 12.4. The van der Waals surface area contributed by atoms with Crippen molar-refractivity contribution in [3.8, 4) is 5.88 Å². The van der Waals surface area contributed by atoms with E-state index < -0.39 is 15.9 Å². The van der Waals surface area contributed by atoms with Crippen LogP contribution in [0.5, 0.6) is 5.88 Å². The number of aryl methyl sites for hydroxylation is 3. The molecule has 24 heavy (non-hydrogen) atoms. The fourth-order valence-corrected chi connectivity index (χ4v) is 3.63. The predicted molar refractivity (Wildman–Crippen MR) is 87.3 cm³/mol. The topological polar surface area (TPSA) is 90.3 Å². The number of aromatic nitrogens is 2. The van der Waals surface area contributed by atoms with E-state index in [1.165, 1.54) is 10.9 Å². The molecule has 0 atom stereocenters. The fourth-order valence-electron chi connectivity index (χ4n) is 2.57. The van der Waals surface area contributed by atoms with Gasteiger partial charge >= 0.3 is 0 Å². The number of ether oxygens (including phenoxy) is 1. The molecule has 3 rings (SSSR count). The summed E-state index contributed by atoms with van der Waals surface area (Å²) in [6, 6.07) is 5.61. The molecule has 0 spiro atoms. The lowest BCUT2D eigenvalue weighted by atomic mass is 10.0. The summed E-state index contributed by atoms with van der Waals surface area (Å²) in [5.74, 6) is -0.401. The predicted octanol–water partition coefficient (Wildman–Crippen LogP) is 1.33. The molecular weight excluding hydrogens is 330 g/mol. The summed E-state index contributed by atoms with van der Waals surface area (Å²) in [5.41, 5.74) is 2.94. The molecule has 128 valence electrons. The normalized spacial score (nSPS) is 13.9. The van der Waals surface area contributed by atoms with E-state index in [0.29, 0.717) is 13.2 Å². The van der Waals surface area contributed by atoms with Crippen LogP contribution >= 0.6 is 0 Å². The van der Waals surface area contributed by atoms with Gasteiger partial charge in [0.2, 0.25) is 11.8 Å². The number of hydrogen-bond donors (Lipinski definition) is 1. The third-order valence-electron chi connectivity index (χ3n) is 3.99. The minimum absolute atomic E-state index is 0.00925. The first-order valence-electron chi connectivity index (χ1n) is 7.67. The van der Waals surface area contributed by atoms with E-state index >= 15 is 0 Å². The highest BCUT2D eigenvalue weighted by Gasteiger charge is 2.28. The van der Waals surface area contributed by atoms with E-state index in [9.17, 15) is 13.2 Å². The van der Waals surface area contributed by atoms with Gasteiger partial charge in [-0.15, -0.1) is 0 Å². The van der Waals surface area contributed by atoms with Crippen LogP contribution in [0.15, 0.2) is 29.3 Å². The number of benzene rings is 1. The highest BCUT2D eigenvalue weighted by molar-refractivity contribution is 7.90. The lowest BCUT2D eigenvalue weighted by Gasteiger charge is -2.16. The van der Waals surface area contributed by atoms with Gasteiger partial charge in [0, 0.05) is 13.0 Å². The van der Waals surface area contributed by atoms with Gasteiger partial charge in [-0.25, -0.2) is 17.8 Å². The highest BCUT2D eigenvalue weighted by atomic mass is 32.2. The first-order valence-corrected chi connectivity index (χ1v) is 9.15. The molecule has 8 heteroatoms. The fraction of sp³-hybridized carbons (Fsp3) is 0.375. The van der Waals surface area contributed by atoms with Crippen molar-refractivity contribution in [3.63, 3.8) is 0 Å². The Morgan fingerprint density at radius 1 is 1.33 bits per heavy atom. The molecular formula is C16H19N3O4S.